The van der Waals surface area contributed by atoms with E-state index >= 15 is 0 Å². The van der Waals surface area contributed by atoms with Crippen LogP contribution in [0.4, 0.5) is 10.1 Å². The summed E-state index contributed by atoms with van der Waals surface area (Å²) in [7, 11) is 0. The largest absolute Gasteiger partial charge is 0.389 e. The van der Waals surface area contributed by atoms with E-state index in [1.165, 1.54) is 12.1 Å². The first kappa shape index (κ1) is 18.7. The SMILES string of the molecule is CCN(CC(=O)N1CCN(c2ccc(F)cc2)CC1)CC(C)(C)O. The Hall–Kier alpha value is -1.66. The van der Waals surface area contributed by atoms with E-state index in [0.29, 0.717) is 26.2 Å². The van der Waals surface area contributed by atoms with Crippen LogP contribution in [0.25, 0.3) is 0 Å². The van der Waals surface area contributed by atoms with Crippen molar-refractivity contribution in [3.8, 4) is 0 Å². The zero-order chi connectivity index (χ0) is 17.7. The fourth-order valence-corrected chi connectivity index (χ4v) is 2.98. The maximum Gasteiger partial charge on any atom is 0.236 e. The molecule has 1 aromatic rings. The van der Waals surface area contributed by atoms with E-state index in [-0.39, 0.29) is 11.7 Å². The first-order chi connectivity index (χ1) is 11.3. The van der Waals surface area contributed by atoms with Gasteiger partial charge in [-0.15, -0.1) is 0 Å². The monoisotopic (exact) mass is 337 g/mol. The van der Waals surface area contributed by atoms with Crippen molar-refractivity contribution in [1.29, 1.82) is 0 Å². The third-order valence-corrected chi connectivity index (χ3v) is 4.24. The van der Waals surface area contributed by atoms with Crippen LogP contribution in [-0.4, -0.2) is 72.2 Å². The smallest absolute Gasteiger partial charge is 0.236 e. The van der Waals surface area contributed by atoms with Gasteiger partial charge in [-0.1, -0.05) is 6.92 Å². The molecule has 1 heterocycles. The van der Waals surface area contributed by atoms with Crippen molar-refractivity contribution in [3.63, 3.8) is 0 Å². The Morgan fingerprint density at radius 3 is 2.29 bits per heavy atom. The number of benzene rings is 1. The predicted molar refractivity (Wildman–Crippen MR) is 93.6 cm³/mol. The van der Waals surface area contributed by atoms with E-state index < -0.39 is 5.60 Å². The molecule has 1 aromatic carbocycles. The maximum absolute atomic E-state index is 13.0. The third-order valence-electron chi connectivity index (χ3n) is 4.24. The molecule has 0 saturated carbocycles. The summed E-state index contributed by atoms with van der Waals surface area (Å²) in [6.45, 7) is 9.85. The van der Waals surface area contributed by atoms with Gasteiger partial charge < -0.3 is 14.9 Å². The molecule has 0 bridgehead atoms. The van der Waals surface area contributed by atoms with E-state index in [0.717, 1.165) is 25.3 Å². The highest BCUT2D eigenvalue weighted by Gasteiger charge is 2.24. The van der Waals surface area contributed by atoms with E-state index in [4.69, 9.17) is 0 Å². The van der Waals surface area contributed by atoms with Gasteiger partial charge in [0.2, 0.25) is 5.91 Å². The lowest BCUT2D eigenvalue weighted by molar-refractivity contribution is -0.133. The molecule has 1 aliphatic heterocycles. The Labute approximate surface area is 143 Å². The van der Waals surface area contributed by atoms with Crippen molar-refractivity contribution in [3.05, 3.63) is 30.1 Å². The number of likely N-dealkylation sites (N-methyl/N-ethyl adjacent to an activating group) is 1. The second-order valence-corrected chi connectivity index (χ2v) is 6.96. The summed E-state index contributed by atoms with van der Waals surface area (Å²) < 4.78 is 13.0. The van der Waals surface area contributed by atoms with Gasteiger partial charge in [-0.25, -0.2) is 4.39 Å². The first-order valence-electron chi connectivity index (χ1n) is 8.51. The molecular formula is C18H28FN3O2. The summed E-state index contributed by atoms with van der Waals surface area (Å²) in [6, 6.07) is 6.47. The van der Waals surface area contributed by atoms with Crippen LogP contribution in [0.1, 0.15) is 20.8 Å². The van der Waals surface area contributed by atoms with Crippen molar-refractivity contribution in [2.24, 2.45) is 0 Å². The molecule has 2 rings (SSSR count). The van der Waals surface area contributed by atoms with Crippen LogP contribution >= 0.6 is 0 Å². The number of halogens is 1. The zero-order valence-electron chi connectivity index (χ0n) is 14.8. The van der Waals surface area contributed by atoms with Gasteiger partial charge in [0.25, 0.3) is 0 Å². The zero-order valence-corrected chi connectivity index (χ0v) is 14.8. The molecule has 0 spiro atoms. The molecule has 1 N–H and O–H groups in total. The first-order valence-corrected chi connectivity index (χ1v) is 8.51. The van der Waals surface area contributed by atoms with Crippen LogP contribution in [0.15, 0.2) is 24.3 Å². The van der Waals surface area contributed by atoms with Crippen molar-refractivity contribution in [2.45, 2.75) is 26.4 Å². The molecule has 1 fully saturated rings. The molecule has 1 saturated heterocycles. The lowest BCUT2D eigenvalue weighted by Crippen LogP contribution is -2.52. The van der Waals surface area contributed by atoms with Gasteiger partial charge in [-0.3, -0.25) is 9.69 Å². The molecule has 0 radical (unpaired) electrons. The molecular weight excluding hydrogens is 309 g/mol. The molecule has 1 aliphatic rings. The standard InChI is InChI=1S/C18H28FN3O2/c1-4-20(14-18(2,3)24)13-17(23)22-11-9-21(10-12-22)16-7-5-15(19)6-8-16/h5-8,24H,4,9-14H2,1-3H3. The lowest BCUT2D eigenvalue weighted by Gasteiger charge is -2.37. The van der Waals surface area contributed by atoms with Gasteiger partial charge in [-0.2, -0.15) is 0 Å². The lowest BCUT2D eigenvalue weighted by atomic mass is 10.1. The van der Waals surface area contributed by atoms with Crippen LogP contribution in [0, 0.1) is 5.82 Å². The Kier molecular flexibility index (Phi) is 6.18. The highest BCUT2D eigenvalue weighted by Crippen LogP contribution is 2.17. The minimum Gasteiger partial charge on any atom is -0.389 e. The summed E-state index contributed by atoms with van der Waals surface area (Å²) >= 11 is 0. The number of aliphatic hydroxyl groups is 1. The van der Waals surface area contributed by atoms with Crippen LogP contribution < -0.4 is 4.90 Å². The summed E-state index contributed by atoms with van der Waals surface area (Å²) in [4.78, 5) is 18.5. The van der Waals surface area contributed by atoms with Crippen molar-refractivity contribution in [1.82, 2.24) is 9.80 Å². The number of piperazine rings is 1. The number of hydrogen-bond acceptors (Lipinski definition) is 4. The van der Waals surface area contributed by atoms with E-state index in [1.54, 1.807) is 26.0 Å². The molecule has 0 atom stereocenters. The summed E-state index contributed by atoms with van der Waals surface area (Å²) in [5, 5.41) is 9.92. The third kappa shape index (κ3) is 5.46. The minimum atomic E-state index is -0.808. The van der Waals surface area contributed by atoms with Crippen LogP contribution in [0.5, 0.6) is 0 Å². The van der Waals surface area contributed by atoms with Crippen LogP contribution in [0.2, 0.25) is 0 Å². The van der Waals surface area contributed by atoms with Gasteiger partial charge in [0, 0.05) is 38.4 Å². The van der Waals surface area contributed by atoms with Crippen molar-refractivity contribution >= 4 is 11.6 Å². The maximum atomic E-state index is 13.0. The number of carbonyl (C=O) groups is 1. The fraction of sp³-hybridized carbons (Fsp3) is 0.611. The molecule has 6 heteroatoms. The number of nitrogens with zero attached hydrogens (tertiary/aromatic N) is 3. The van der Waals surface area contributed by atoms with Crippen molar-refractivity contribution < 1.29 is 14.3 Å². The molecule has 5 nitrogen and oxygen atoms in total. The van der Waals surface area contributed by atoms with E-state index in [2.05, 4.69) is 4.90 Å². The average Bonchev–Trinajstić information content (AvgIpc) is 2.54. The quantitative estimate of drug-likeness (QED) is 0.856. The molecule has 0 unspecified atom stereocenters. The van der Waals surface area contributed by atoms with Gasteiger partial charge in [0.15, 0.2) is 0 Å². The van der Waals surface area contributed by atoms with Gasteiger partial charge >= 0.3 is 0 Å². The summed E-state index contributed by atoms with van der Waals surface area (Å²) in [5.41, 5.74) is 0.179. The summed E-state index contributed by atoms with van der Waals surface area (Å²) in [6.07, 6.45) is 0. The Balaban J connectivity index is 1.84. The van der Waals surface area contributed by atoms with E-state index in [1.807, 2.05) is 16.7 Å². The number of rotatable bonds is 6. The van der Waals surface area contributed by atoms with Crippen LogP contribution in [-0.2, 0) is 4.79 Å². The number of hydrogen-bond donors (Lipinski definition) is 1. The highest BCUT2D eigenvalue weighted by atomic mass is 19.1. The molecule has 0 aliphatic carbocycles. The Morgan fingerprint density at radius 2 is 1.79 bits per heavy atom. The normalized spacial score (nSPS) is 15.9. The second kappa shape index (κ2) is 7.94. The summed E-state index contributed by atoms with van der Waals surface area (Å²) in [5.74, 6) is -0.140. The molecule has 0 aromatic heterocycles. The van der Waals surface area contributed by atoms with Gasteiger partial charge in [-0.05, 0) is 44.7 Å². The van der Waals surface area contributed by atoms with Gasteiger partial charge in [0.05, 0.1) is 12.1 Å². The van der Waals surface area contributed by atoms with Crippen molar-refractivity contribution in [2.75, 3.05) is 50.7 Å². The Morgan fingerprint density at radius 1 is 1.21 bits per heavy atom. The Bertz CT molecular complexity index is 534. The number of amides is 1. The number of anilines is 1. The van der Waals surface area contributed by atoms with Gasteiger partial charge in [0.1, 0.15) is 5.82 Å². The van der Waals surface area contributed by atoms with E-state index in [9.17, 15) is 14.3 Å². The average molecular weight is 337 g/mol. The molecule has 134 valence electrons. The predicted octanol–water partition coefficient (Wildman–Crippen LogP) is 1.57. The molecule has 24 heavy (non-hydrogen) atoms. The number of carbonyl (C=O) groups excluding carboxylic acids is 1. The second-order valence-electron chi connectivity index (χ2n) is 6.96. The van der Waals surface area contributed by atoms with Crippen LogP contribution in [0.3, 0.4) is 0 Å². The minimum absolute atomic E-state index is 0.0971. The fourth-order valence-electron chi connectivity index (χ4n) is 2.98. The molecule has 1 amide bonds. The topological polar surface area (TPSA) is 47.0 Å². The highest BCUT2D eigenvalue weighted by molar-refractivity contribution is 5.78.